The average molecular weight is 334 g/mol. The predicted molar refractivity (Wildman–Crippen MR) is 83.2 cm³/mol. The number of nitrogen functional groups attached to an aromatic ring is 1. The molecule has 0 atom stereocenters. The molecule has 5 heteroatoms. The Hall–Kier alpha value is -1.88. The van der Waals surface area contributed by atoms with Gasteiger partial charge in [-0.05, 0) is 31.5 Å². The number of hydrogen-bond donors (Lipinski definition) is 2. The fraction of sp³-hybridized carbons (Fsp3) is 0.200. The van der Waals surface area contributed by atoms with Crippen molar-refractivity contribution in [1.82, 2.24) is 4.98 Å². The molecule has 0 saturated carbocycles. The van der Waals surface area contributed by atoms with Gasteiger partial charge in [0.25, 0.3) is 0 Å². The molecule has 0 aliphatic rings. The van der Waals surface area contributed by atoms with Crippen molar-refractivity contribution in [2.75, 3.05) is 0 Å². The van der Waals surface area contributed by atoms with Crippen LogP contribution in [0.2, 0.25) is 0 Å². The second-order valence-corrected chi connectivity index (χ2v) is 5.47. The normalized spacial score (nSPS) is 10.3. The fourth-order valence-electron chi connectivity index (χ4n) is 1.98. The summed E-state index contributed by atoms with van der Waals surface area (Å²) in [6.45, 7) is 4.15. The zero-order valence-corrected chi connectivity index (χ0v) is 13.0. The Labute approximate surface area is 126 Å². The van der Waals surface area contributed by atoms with Crippen molar-refractivity contribution in [2.24, 2.45) is 5.73 Å². The summed E-state index contributed by atoms with van der Waals surface area (Å²) < 4.78 is 6.84. The maximum Gasteiger partial charge on any atom is 0.134 e. The quantitative estimate of drug-likeness (QED) is 0.665. The van der Waals surface area contributed by atoms with Crippen molar-refractivity contribution in [3.8, 4) is 5.75 Å². The van der Waals surface area contributed by atoms with Gasteiger partial charge in [0.1, 0.15) is 18.2 Å². The van der Waals surface area contributed by atoms with Crippen LogP contribution < -0.4 is 10.5 Å². The molecule has 0 fully saturated rings. The third kappa shape index (κ3) is 3.36. The van der Waals surface area contributed by atoms with E-state index in [1.165, 1.54) is 0 Å². The summed E-state index contributed by atoms with van der Waals surface area (Å²) in [7, 11) is 0. The number of nitrogens with two attached hydrogens (primary N) is 1. The van der Waals surface area contributed by atoms with Gasteiger partial charge in [0.2, 0.25) is 0 Å². The van der Waals surface area contributed by atoms with Crippen molar-refractivity contribution < 1.29 is 4.74 Å². The molecule has 20 heavy (non-hydrogen) atoms. The van der Waals surface area contributed by atoms with Crippen molar-refractivity contribution in [1.29, 1.82) is 5.41 Å². The molecule has 0 saturated heterocycles. The number of amidine groups is 1. The van der Waals surface area contributed by atoms with Crippen LogP contribution in [-0.4, -0.2) is 10.8 Å². The molecular formula is C15H16BrN3O. The zero-order chi connectivity index (χ0) is 14.7. The van der Waals surface area contributed by atoms with Gasteiger partial charge in [0.15, 0.2) is 0 Å². The first kappa shape index (κ1) is 14.5. The van der Waals surface area contributed by atoms with Crippen LogP contribution in [0.15, 0.2) is 34.8 Å². The lowest BCUT2D eigenvalue weighted by molar-refractivity contribution is 0.304. The Morgan fingerprint density at radius 1 is 1.30 bits per heavy atom. The van der Waals surface area contributed by atoms with Gasteiger partial charge < -0.3 is 10.5 Å². The molecule has 0 bridgehead atoms. The number of ether oxygens (including phenoxy) is 1. The van der Waals surface area contributed by atoms with E-state index < -0.39 is 0 Å². The van der Waals surface area contributed by atoms with Crippen LogP contribution in [0.5, 0.6) is 5.75 Å². The molecule has 104 valence electrons. The molecule has 3 N–H and O–H groups in total. The van der Waals surface area contributed by atoms with Crippen LogP contribution in [0.4, 0.5) is 0 Å². The van der Waals surface area contributed by atoms with Gasteiger partial charge in [-0.3, -0.25) is 10.4 Å². The number of rotatable bonds is 4. The Balaban J connectivity index is 2.24. The Bertz CT molecular complexity index is 638. The topological polar surface area (TPSA) is 72.0 Å². The van der Waals surface area contributed by atoms with Crippen LogP contribution >= 0.6 is 15.9 Å². The molecule has 1 aromatic heterocycles. The van der Waals surface area contributed by atoms with Crippen LogP contribution in [0.1, 0.15) is 22.5 Å². The predicted octanol–water partition coefficient (Wildman–Crippen LogP) is 3.32. The van der Waals surface area contributed by atoms with Crippen molar-refractivity contribution >= 4 is 21.8 Å². The lowest BCUT2D eigenvalue weighted by Gasteiger charge is -2.13. The maximum absolute atomic E-state index is 7.65. The first-order valence-corrected chi connectivity index (χ1v) is 6.96. The smallest absolute Gasteiger partial charge is 0.134 e. The standard InChI is InChI=1S/C15H16BrN3O/c1-9-7-13(14(15(17)18)10(2)19-9)20-8-11-3-5-12(16)6-4-11/h3-7H,8H2,1-2H3,(H3,17,18). The van der Waals surface area contributed by atoms with E-state index in [0.29, 0.717) is 23.6 Å². The zero-order valence-electron chi connectivity index (χ0n) is 11.4. The highest BCUT2D eigenvalue weighted by molar-refractivity contribution is 9.10. The minimum Gasteiger partial charge on any atom is -0.488 e. The molecule has 0 aliphatic carbocycles. The number of benzene rings is 1. The second-order valence-electron chi connectivity index (χ2n) is 4.55. The number of aryl methyl sites for hydroxylation is 2. The largest absolute Gasteiger partial charge is 0.488 e. The fourth-order valence-corrected chi connectivity index (χ4v) is 2.24. The molecule has 1 aromatic carbocycles. The molecule has 4 nitrogen and oxygen atoms in total. The van der Waals surface area contributed by atoms with E-state index in [2.05, 4.69) is 20.9 Å². The highest BCUT2D eigenvalue weighted by atomic mass is 79.9. The van der Waals surface area contributed by atoms with Gasteiger partial charge >= 0.3 is 0 Å². The van der Waals surface area contributed by atoms with E-state index in [1.54, 1.807) is 0 Å². The number of aromatic nitrogens is 1. The van der Waals surface area contributed by atoms with E-state index in [1.807, 2.05) is 44.2 Å². The molecule has 0 unspecified atom stereocenters. The highest BCUT2D eigenvalue weighted by Gasteiger charge is 2.12. The highest BCUT2D eigenvalue weighted by Crippen LogP contribution is 2.23. The molecular weight excluding hydrogens is 318 g/mol. The third-order valence-electron chi connectivity index (χ3n) is 2.87. The van der Waals surface area contributed by atoms with E-state index in [4.69, 9.17) is 15.9 Å². The van der Waals surface area contributed by atoms with Gasteiger partial charge in [-0.25, -0.2) is 0 Å². The monoisotopic (exact) mass is 333 g/mol. The molecule has 0 radical (unpaired) electrons. The summed E-state index contributed by atoms with van der Waals surface area (Å²) in [6.07, 6.45) is 0. The summed E-state index contributed by atoms with van der Waals surface area (Å²) in [5.41, 5.74) is 8.78. The lowest BCUT2D eigenvalue weighted by Crippen LogP contribution is -2.16. The summed E-state index contributed by atoms with van der Waals surface area (Å²) in [6, 6.07) is 9.71. The van der Waals surface area contributed by atoms with Crippen LogP contribution in [0.25, 0.3) is 0 Å². The van der Waals surface area contributed by atoms with Crippen molar-refractivity contribution in [3.63, 3.8) is 0 Å². The molecule has 2 rings (SSSR count). The second kappa shape index (κ2) is 6.05. The summed E-state index contributed by atoms with van der Waals surface area (Å²) in [4.78, 5) is 4.32. The van der Waals surface area contributed by atoms with Gasteiger partial charge in [0, 0.05) is 16.2 Å². The van der Waals surface area contributed by atoms with E-state index in [-0.39, 0.29) is 5.84 Å². The Morgan fingerprint density at radius 2 is 1.95 bits per heavy atom. The van der Waals surface area contributed by atoms with E-state index in [9.17, 15) is 0 Å². The Kier molecular flexibility index (Phi) is 4.39. The minimum atomic E-state index is -0.0270. The molecule has 0 spiro atoms. The number of nitrogens with one attached hydrogen (secondary N) is 1. The minimum absolute atomic E-state index is 0.0270. The Morgan fingerprint density at radius 3 is 2.55 bits per heavy atom. The van der Waals surface area contributed by atoms with Crippen molar-refractivity contribution in [3.05, 3.63) is 57.3 Å². The SMILES string of the molecule is Cc1cc(OCc2ccc(Br)cc2)c(C(=N)N)c(C)n1. The number of pyridine rings is 1. The first-order chi connectivity index (χ1) is 9.47. The lowest BCUT2D eigenvalue weighted by atomic mass is 10.1. The third-order valence-corrected chi connectivity index (χ3v) is 3.40. The summed E-state index contributed by atoms with van der Waals surface area (Å²) in [5.74, 6) is 0.575. The summed E-state index contributed by atoms with van der Waals surface area (Å²) in [5, 5.41) is 7.65. The summed E-state index contributed by atoms with van der Waals surface area (Å²) >= 11 is 3.40. The molecule has 0 aliphatic heterocycles. The average Bonchev–Trinajstić information content (AvgIpc) is 2.36. The van der Waals surface area contributed by atoms with Gasteiger partial charge in [-0.1, -0.05) is 28.1 Å². The number of nitrogens with zero attached hydrogens (tertiary/aromatic N) is 1. The number of halogens is 1. The van der Waals surface area contributed by atoms with E-state index in [0.717, 1.165) is 15.7 Å². The van der Waals surface area contributed by atoms with Gasteiger partial charge in [0.05, 0.1) is 11.3 Å². The molecule has 0 amide bonds. The number of hydrogen-bond acceptors (Lipinski definition) is 3. The van der Waals surface area contributed by atoms with E-state index >= 15 is 0 Å². The van der Waals surface area contributed by atoms with Crippen LogP contribution in [-0.2, 0) is 6.61 Å². The van der Waals surface area contributed by atoms with Gasteiger partial charge in [-0.15, -0.1) is 0 Å². The molecule has 2 aromatic rings. The first-order valence-electron chi connectivity index (χ1n) is 6.17. The van der Waals surface area contributed by atoms with Crippen molar-refractivity contribution in [2.45, 2.75) is 20.5 Å². The molecule has 1 heterocycles. The van der Waals surface area contributed by atoms with Crippen LogP contribution in [0, 0.1) is 19.3 Å². The van der Waals surface area contributed by atoms with Gasteiger partial charge in [-0.2, -0.15) is 0 Å². The van der Waals surface area contributed by atoms with Crippen LogP contribution in [0.3, 0.4) is 0 Å². The maximum atomic E-state index is 7.65.